The SMILES string of the molecule is COC(=O)c1ccc(S(=O)(=O)NC(C)c2ccc(-n3ccnc3)cc2)c(Cl)c1. The summed E-state index contributed by atoms with van der Waals surface area (Å²) in [6.07, 6.45) is 5.18. The number of imidazole rings is 1. The van der Waals surface area contributed by atoms with Crippen molar-refractivity contribution in [2.45, 2.75) is 17.9 Å². The van der Waals surface area contributed by atoms with E-state index in [1.54, 1.807) is 19.4 Å². The number of methoxy groups -OCH3 is 1. The maximum absolute atomic E-state index is 12.7. The number of carbonyl (C=O) groups excluding carboxylic acids is 1. The van der Waals surface area contributed by atoms with Gasteiger partial charge in [-0.15, -0.1) is 0 Å². The summed E-state index contributed by atoms with van der Waals surface area (Å²) in [5.41, 5.74) is 1.88. The van der Waals surface area contributed by atoms with E-state index in [9.17, 15) is 13.2 Å². The fraction of sp³-hybridized carbons (Fsp3) is 0.158. The molecule has 3 rings (SSSR count). The molecular weight excluding hydrogens is 402 g/mol. The zero-order valence-electron chi connectivity index (χ0n) is 15.2. The molecule has 2 aromatic carbocycles. The third-order valence-corrected chi connectivity index (χ3v) is 6.19. The first kappa shape index (κ1) is 20.1. The van der Waals surface area contributed by atoms with Crippen LogP contribution in [0.3, 0.4) is 0 Å². The summed E-state index contributed by atoms with van der Waals surface area (Å²) in [5.74, 6) is -0.592. The number of nitrogens with zero attached hydrogens (tertiary/aromatic N) is 2. The van der Waals surface area contributed by atoms with Crippen LogP contribution in [0.5, 0.6) is 0 Å². The highest BCUT2D eigenvalue weighted by Crippen LogP contribution is 2.25. The summed E-state index contributed by atoms with van der Waals surface area (Å²) in [4.78, 5) is 15.4. The van der Waals surface area contributed by atoms with Crippen LogP contribution in [0.1, 0.15) is 28.9 Å². The molecule has 7 nitrogen and oxygen atoms in total. The van der Waals surface area contributed by atoms with Gasteiger partial charge in [-0.1, -0.05) is 23.7 Å². The molecule has 1 atom stereocenters. The van der Waals surface area contributed by atoms with Gasteiger partial charge in [0.15, 0.2) is 0 Å². The van der Waals surface area contributed by atoms with Crippen molar-refractivity contribution in [2.75, 3.05) is 7.11 Å². The monoisotopic (exact) mass is 419 g/mol. The first-order valence-corrected chi connectivity index (χ1v) is 10.2. The van der Waals surface area contributed by atoms with E-state index in [0.29, 0.717) is 0 Å². The number of rotatable bonds is 6. The Bertz CT molecular complexity index is 1080. The number of sulfonamides is 1. The second-order valence-corrected chi connectivity index (χ2v) is 8.13. The van der Waals surface area contributed by atoms with Crippen LogP contribution < -0.4 is 4.72 Å². The molecule has 0 aliphatic rings. The molecule has 146 valence electrons. The minimum absolute atomic E-state index is 0.0574. The lowest BCUT2D eigenvalue weighted by Gasteiger charge is -2.16. The number of carbonyl (C=O) groups is 1. The van der Waals surface area contributed by atoms with Crippen LogP contribution in [0.25, 0.3) is 5.69 Å². The highest BCUT2D eigenvalue weighted by Gasteiger charge is 2.22. The summed E-state index contributed by atoms with van der Waals surface area (Å²) in [6, 6.07) is 10.8. The quantitative estimate of drug-likeness (QED) is 0.619. The van der Waals surface area contributed by atoms with E-state index in [1.807, 2.05) is 35.0 Å². The van der Waals surface area contributed by atoms with Crippen molar-refractivity contribution in [2.24, 2.45) is 0 Å². The molecule has 9 heteroatoms. The van der Waals surface area contributed by atoms with Crippen molar-refractivity contribution in [1.29, 1.82) is 0 Å². The predicted octanol–water partition coefficient (Wildman–Crippen LogP) is 3.35. The first-order chi connectivity index (χ1) is 13.3. The van der Waals surface area contributed by atoms with Crippen molar-refractivity contribution in [3.63, 3.8) is 0 Å². The lowest BCUT2D eigenvalue weighted by atomic mass is 10.1. The standard InChI is InChI=1S/C19H18ClN3O4S/c1-13(14-3-6-16(7-4-14)23-10-9-21-12-23)22-28(25,26)18-8-5-15(11-17(18)20)19(24)27-2/h3-13,22H,1-2H3. The van der Waals surface area contributed by atoms with Crippen LogP contribution in [-0.2, 0) is 14.8 Å². The van der Waals surface area contributed by atoms with Gasteiger partial charge in [-0.3, -0.25) is 0 Å². The maximum Gasteiger partial charge on any atom is 0.337 e. The van der Waals surface area contributed by atoms with Crippen LogP contribution >= 0.6 is 11.6 Å². The van der Waals surface area contributed by atoms with Crippen molar-refractivity contribution in [3.05, 3.63) is 77.3 Å². The second kappa shape index (κ2) is 8.14. The topological polar surface area (TPSA) is 90.3 Å². The Kier molecular flexibility index (Phi) is 5.83. The zero-order chi connectivity index (χ0) is 20.3. The number of hydrogen-bond donors (Lipinski definition) is 1. The number of halogens is 1. The van der Waals surface area contributed by atoms with Gasteiger partial charge in [0, 0.05) is 24.1 Å². The summed E-state index contributed by atoms with van der Waals surface area (Å²) < 4.78 is 34.5. The van der Waals surface area contributed by atoms with Gasteiger partial charge in [-0.05, 0) is 42.8 Å². The van der Waals surface area contributed by atoms with E-state index in [4.69, 9.17) is 11.6 Å². The molecule has 0 aliphatic carbocycles. The fourth-order valence-electron chi connectivity index (χ4n) is 2.67. The molecule has 0 fully saturated rings. The molecule has 3 aromatic rings. The van der Waals surface area contributed by atoms with Crippen LogP contribution in [0.4, 0.5) is 0 Å². The molecule has 0 radical (unpaired) electrons. The van der Waals surface area contributed by atoms with Crippen molar-refractivity contribution >= 4 is 27.6 Å². The highest BCUT2D eigenvalue weighted by molar-refractivity contribution is 7.89. The lowest BCUT2D eigenvalue weighted by Crippen LogP contribution is -2.27. The first-order valence-electron chi connectivity index (χ1n) is 8.30. The van der Waals surface area contributed by atoms with E-state index in [0.717, 1.165) is 11.3 Å². The average Bonchev–Trinajstić information content (AvgIpc) is 3.21. The van der Waals surface area contributed by atoms with Gasteiger partial charge < -0.3 is 9.30 Å². The molecule has 1 N–H and O–H groups in total. The zero-order valence-corrected chi connectivity index (χ0v) is 16.7. The molecule has 0 bridgehead atoms. The molecule has 1 heterocycles. The summed E-state index contributed by atoms with van der Waals surface area (Å²) >= 11 is 6.09. The number of benzene rings is 2. The van der Waals surface area contributed by atoms with Gasteiger partial charge in [0.05, 0.1) is 24.0 Å². The van der Waals surface area contributed by atoms with Crippen molar-refractivity contribution < 1.29 is 17.9 Å². The largest absolute Gasteiger partial charge is 0.465 e. The van der Waals surface area contributed by atoms with E-state index < -0.39 is 22.0 Å². The van der Waals surface area contributed by atoms with Gasteiger partial charge in [0.2, 0.25) is 10.0 Å². The smallest absolute Gasteiger partial charge is 0.337 e. The molecule has 0 amide bonds. The number of aromatic nitrogens is 2. The van der Waals surface area contributed by atoms with E-state index in [2.05, 4.69) is 14.4 Å². The predicted molar refractivity (Wildman–Crippen MR) is 105 cm³/mol. The molecule has 1 unspecified atom stereocenters. The summed E-state index contributed by atoms with van der Waals surface area (Å²) in [6.45, 7) is 1.74. The summed E-state index contributed by atoms with van der Waals surface area (Å²) in [7, 11) is -2.65. The van der Waals surface area contributed by atoms with Crippen molar-refractivity contribution in [1.82, 2.24) is 14.3 Å². The Morgan fingerprint density at radius 3 is 2.50 bits per heavy atom. The second-order valence-electron chi connectivity index (χ2n) is 6.04. The van der Waals surface area contributed by atoms with Crippen LogP contribution in [0.15, 0.2) is 66.1 Å². The molecule has 28 heavy (non-hydrogen) atoms. The van der Waals surface area contributed by atoms with E-state index in [-0.39, 0.29) is 15.5 Å². The third-order valence-electron chi connectivity index (χ3n) is 4.17. The molecule has 1 aromatic heterocycles. The molecule has 0 saturated carbocycles. The highest BCUT2D eigenvalue weighted by atomic mass is 35.5. The normalized spacial score (nSPS) is 12.5. The molecule has 0 saturated heterocycles. The van der Waals surface area contributed by atoms with Gasteiger partial charge in [-0.25, -0.2) is 22.9 Å². The van der Waals surface area contributed by atoms with Crippen LogP contribution in [0.2, 0.25) is 5.02 Å². The van der Waals surface area contributed by atoms with Gasteiger partial charge in [0.1, 0.15) is 4.90 Å². The minimum atomic E-state index is -3.89. The average molecular weight is 420 g/mol. The van der Waals surface area contributed by atoms with Gasteiger partial charge in [-0.2, -0.15) is 0 Å². The number of nitrogens with one attached hydrogen (secondary N) is 1. The lowest BCUT2D eigenvalue weighted by molar-refractivity contribution is 0.0600. The number of esters is 1. The maximum atomic E-state index is 12.7. The Labute approximate surface area is 168 Å². The Balaban J connectivity index is 1.79. The molecule has 0 aliphatic heterocycles. The molecule has 0 spiro atoms. The van der Waals surface area contributed by atoms with Gasteiger partial charge in [0.25, 0.3) is 0 Å². The van der Waals surface area contributed by atoms with Crippen LogP contribution in [0, 0.1) is 0 Å². The Hall–Kier alpha value is -2.68. The van der Waals surface area contributed by atoms with Crippen LogP contribution in [-0.4, -0.2) is 31.0 Å². The fourth-order valence-corrected chi connectivity index (χ4v) is 4.45. The number of ether oxygens (including phenoxy) is 1. The summed E-state index contributed by atoms with van der Waals surface area (Å²) in [5, 5.41) is -0.0574. The Morgan fingerprint density at radius 1 is 1.21 bits per heavy atom. The minimum Gasteiger partial charge on any atom is -0.465 e. The van der Waals surface area contributed by atoms with Crippen molar-refractivity contribution in [3.8, 4) is 5.69 Å². The molecular formula is C19H18ClN3O4S. The van der Waals surface area contributed by atoms with E-state index in [1.165, 1.54) is 25.3 Å². The number of hydrogen-bond acceptors (Lipinski definition) is 5. The third kappa shape index (κ3) is 4.24. The Morgan fingerprint density at radius 2 is 1.93 bits per heavy atom. The van der Waals surface area contributed by atoms with Gasteiger partial charge >= 0.3 is 5.97 Å². The van der Waals surface area contributed by atoms with E-state index >= 15 is 0 Å².